The fourth-order valence-electron chi connectivity index (χ4n) is 1.88. The largest absolute Gasteiger partial charge is 0.476 e. The van der Waals surface area contributed by atoms with Gasteiger partial charge in [-0.05, 0) is 24.3 Å². The minimum absolute atomic E-state index is 0.00387. The molecule has 110 valence electrons. The van der Waals surface area contributed by atoms with E-state index in [2.05, 4.69) is 15.2 Å². The molecule has 0 aliphatic carbocycles. The molecule has 0 saturated carbocycles. The fraction of sp³-hybridized carbons (Fsp3) is 0. The number of carboxylic acid groups (broad SMARTS) is 1. The lowest BCUT2D eigenvalue weighted by molar-refractivity contribution is 0.0692. The zero-order valence-electron chi connectivity index (χ0n) is 10.9. The molecule has 0 amide bonds. The molecule has 0 saturated heterocycles. The summed E-state index contributed by atoms with van der Waals surface area (Å²) in [5, 5.41) is 17.2. The van der Waals surface area contributed by atoms with Crippen LogP contribution in [-0.4, -0.2) is 20.5 Å². The number of nitrogens with zero attached hydrogens (tertiary/aromatic N) is 4. The van der Waals surface area contributed by atoms with Crippen molar-refractivity contribution >= 4 is 34.7 Å². The van der Waals surface area contributed by atoms with E-state index in [1.807, 2.05) is 0 Å². The topological polar surface area (TPSA) is 79.3 Å². The van der Waals surface area contributed by atoms with Crippen molar-refractivity contribution in [2.24, 2.45) is 10.2 Å². The van der Waals surface area contributed by atoms with Gasteiger partial charge in [-0.1, -0.05) is 23.7 Å². The number of benzene rings is 1. The van der Waals surface area contributed by atoms with Crippen LogP contribution in [0.2, 0.25) is 5.02 Å². The van der Waals surface area contributed by atoms with Crippen LogP contribution < -0.4 is 0 Å². The highest BCUT2D eigenvalue weighted by atomic mass is 35.5. The highest BCUT2D eigenvalue weighted by molar-refractivity contribution is 6.30. The highest BCUT2D eigenvalue weighted by Crippen LogP contribution is 2.26. The maximum atomic E-state index is 13.5. The van der Waals surface area contributed by atoms with Gasteiger partial charge >= 0.3 is 5.97 Å². The summed E-state index contributed by atoms with van der Waals surface area (Å²) in [5.41, 5.74) is 0.0578. The van der Waals surface area contributed by atoms with Gasteiger partial charge in [-0.15, -0.1) is 10.2 Å². The lowest BCUT2D eigenvalue weighted by Crippen LogP contribution is -1.96. The molecular weight excluding hydrogens is 311 g/mol. The summed E-state index contributed by atoms with van der Waals surface area (Å²) in [6.07, 6.45) is 1.46. The van der Waals surface area contributed by atoms with Gasteiger partial charge in [0.05, 0.1) is 5.02 Å². The van der Waals surface area contributed by atoms with E-state index < -0.39 is 11.8 Å². The first kappa shape index (κ1) is 14.2. The average molecular weight is 319 g/mol. The molecule has 0 fully saturated rings. The molecule has 0 radical (unpaired) electrons. The number of imidazole rings is 1. The Morgan fingerprint density at radius 1 is 1.23 bits per heavy atom. The second kappa shape index (κ2) is 5.53. The van der Waals surface area contributed by atoms with Crippen molar-refractivity contribution in [1.29, 1.82) is 0 Å². The summed E-state index contributed by atoms with van der Waals surface area (Å²) in [4.78, 5) is 15.2. The van der Waals surface area contributed by atoms with Gasteiger partial charge in [-0.3, -0.25) is 4.40 Å². The zero-order chi connectivity index (χ0) is 15.7. The Morgan fingerprint density at radius 3 is 2.73 bits per heavy atom. The number of aromatic nitrogens is 2. The van der Waals surface area contributed by atoms with Crippen molar-refractivity contribution in [3.05, 3.63) is 59.1 Å². The minimum atomic E-state index is -1.26. The predicted octanol–water partition coefficient (Wildman–Crippen LogP) is 4.24. The molecule has 2 aromatic heterocycles. The van der Waals surface area contributed by atoms with E-state index in [1.165, 1.54) is 28.8 Å². The van der Waals surface area contributed by atoms with Gasteiger partial charge in [-0.2, -0.15) is 0 Å². The normalized spacial score (nSPS) is 11.4. The number of hydrogen-bond acceptors (Lipinski definition) is 4. The number of halogens is 2. The van der Waals surface area contributed by atoms with Crippen LogP contribution in [0.4, 0.5) is 15.9 Å². The van der Waals surface area contributed by atoms with E-state index in [1.54, 1.807) is 18.2 Å². The van der Waals surface area contributed by atoms with Crippen molar-refractivity contribution in [1.82, 2.24) is 9.38 Å². The molecule has 0 spiro atoms. The summed E-state index contributed by atoms with van der Waals surface area (Å²) < 4.78 is 14.9. The molecule has 3 aromatic rings. The third kappa shape index (κ3) is 2.53. The SMILES string of the molecule is O=C(O)c1nc2ccc(Cl)cn2c1N=Nc1ccccc1F. The third-order valence-corrected chi connectivity index (χ3v) is 3.09. The van der Waals surface area contributed by atoms with Gasteiger partial charge in [0, 0.05) is 6.20 Å². The molecule has 0 atom stereocenters. The van der Waals surface area contributed by atoms with Crippen LogP contribution in [0.15, 0.2) is 52.8 Å². The Kier molecular flexibility index (Phi) is 3.56. The van der Waals surface area contributed by atoms with Crippen LogP contribution in [0, 0.1) is 5.82 Å². The number of rotatable bonds is 3. The molecule has 22 heavy (non-hydrogen) atoms. The standard InChI is InChI=1S/C14H8ClFN4O2/c15-8-5-6-11-17-12(14(21)22)13(20(11)7-8)19-18-10-4-2-1-3-9(10)16/h1-7H,(H,21,22). The van der Waals surface area contributed by atoms with Crippen LogP contribution >= 0.6 is 11.6 Å². The van der Waals surface area contributed by atoms with E-state index in [0.717, 1.165) is 0 Å². The van der Waals surface area contributed by atoms with E-state index >= 15 is 0 Å². The predicted molar refractivity (Wildman–Crippen MR) is 77.7 cm³/mol. The minimum Gasteiger partial charge on any atom is -0.476 e. The van der Waals surface area contributed by atoms with Crippen molar-refractivity contribution in [2.45, 2.75) is 0 Å². The van der Waals surface area contributed by atoms with Crippen LogP contribution in [0.25, 0.3) is 5.65 Å². The second-order valence-electron chi connectivity index (χ2n) is 4.32. The molecule has 6 nitrogen and oxygen atoms in total. The van der Waals surface area contributed by atoms with Gasteiger partial charge in [0.2, 0.25) is 0 Å². The summed E-state index contributed by atoms with van der Waals surface area (Å²) in [7, 11) is 0. The quantitative estimate of drug-likeness (QED) is 0.733. The number of carbonyl (C=O) groups is 1. The summed E-state index contributed by atoms with van der Waals surface area (Å²) in [6.45, 7) is 0. The zero-order valence-corrected chi connectivity index (χ0v) is 11.7. The van der Waals surface area contributed by atoms with E-state index in [-0.39, 0.29) is 17.2 Å². The van der Waals surface area contributed by atoms with Gasteiger partial charge in [0.1, 0.15) is 11.3 Å². The van der Waals surface area contributed by atoms with Crippen LogP contribution in [0.3, 0.4) is 0 Å². The third-order valence-electron chi connectivity index (χ3n) is 2.86. The number of aromatic carboxylic acids is 1. The van der Waals surface area contributed by atoms with Crippen LogP contribution in [-0.2, 0) is 0 Å². The fourth-order valence-corrected chi connectivity index (χ4v) is 2.04. The van der Waals surface area contributed by atoms with Gasteiger partial charge < -0.3 is 5.11 Å². The van der Waals surface area contributed by atoms with Crippen molar-refractivity contribution in [3.63, 3.8) is 0 Å². The first-order valence-corrected chi connectivity index (χ1v) is 6.51. The molecule has 1 N–H and O–H groups in total. The molecule has 2 heterocycles. The van der Waals surface area contributed by atoms with Crippen molar-refractivity contribution in [2.75, 3.05) is 0 Å². The monoisotopic (exact) mass is 318 g/mol. The number of pyridine rings is 1. The summed E-state index contributed by atoms with van der Waals surface area (Å²) >= 11 is 5.89. The first-order chi connectivity index (χ1) is 10.6. The van der Waals surface area contributed by atoms with Crippen LogP contribution in [0.5, 0.6) is 0 Å². The Labute approximate surface area is 128 Å². The summed E-state index contributed by atoms with van der Waals surface area (Å²) in [6, 6.07) is 8.91. The number of azo groups is 1. The lowest BCUT2D eigenvalue weighted by atomic mass is 10.3. The van der Waals surface area contributed by atoms with E-state index in [4.69, 9.17) is 11.6 Å². The van der Waals surface area contributed by atoms with Crippen LogP contribution in [0.1, 0.15) is 10.5 Å². The smallest absolute Gasteiger partial charge is 0.358 e. The van der Waals surface area contributed by atoms with Gasteiger partial charge in [-0.25, -0.2) is 14.2 Å². The van der Waals surface area contributed by atoms with Gasteiger partial charge in [0.15, 0.2) is 17.3 Å². The lowest BCUT2D eigenvalue weighted by Gasteiger charge is -1.98. The molecule has 0 bridgehead atoms. The molecule has 0 aliphatic heterocycles. The molecule has 8 heteroatoms. The molecule has 0 unspecified atom stereocenters. The highest BCUT2D eigenvalue weighted by Gasteiger charge is 2.18. The Bertz CT molecular complexity index is 907. The maximum absolute atomic E-state index is 13.5. The van der Waals surface area contributed by atoms with Crippen molar-refractivity contribution < 1.29 is 14.3 Å². The van der Waals surface area contributed by atoms with E-state index in [9.17, 15) is 14.3 Å². The maximum Gasteiger partial charge on any atom is 0.358 e. The van der Waals surface area contributed by atoms with Gasteiger partial charge in [0.25, 0.3) is 0 Å². The van der Waals surface area contributed by atoms with Crippen molar-refractivity contribution in [3.8, 4) is 0 Å². The summed E-state index contributed by atoms with van der Waals surface area (Å²) in [5.74, 6) is -1.86. The first-order valence-electron chi connectivity index (χ1n) is 6.13. The Hall–Kier alpha value is -2.80. The average Bonchev–Trinajstić information content (AvgIpc) is 2.84. The Balaban J connectivity index is 2.16. The Morgan fingerprint density at radius 2 is 2.00 bits per heavy atom. The van der Waals surface area contributed by atoms with E-state index in [0.29, 0.717) is 10.7 Å². The molecule has 3 rings (SSSR count). The second-order valence-corrected chi connectivity index (χ2v) is 4.75. The number of carboxylic acids is 1. The molecule has 1 aromatic carbocycles. The number of fused-ring (bicyclic) bond motifs is 1. The number of hydrogen-bond donors (Lipinski definition) is 1. The molecular formula is C14H8ClFN4O2. The molecule has 0 aliphatic rings.